The molecule has 0 saturated carbocycles. The number of carbonyl (C=O) groups is 2. The second-order valence-electron chi connectivity index (χ2n) is 10.7. The SMILES string of the molecule is CC(C)N1CC[C@H](Oc2ccc(C(=O)Cc3ccc(NC(=O)Nc4cc(C(C)(C)C)on4)cc3)nc2)C1. The molecule has 3 aromatic rings. The minimum absolute atomic E-state index is 0.0856. The van der Waals surface area contributed by atoms with Gasteiger partial charge in [-0.3, -0.25) is 15.0 Å². The maximum absolute atomic E-state index is 12.7. The molecule has 0 spiro atoms. The Morgan fingerprint density at radius 2 is 1.89 bits per heavy atom. The Labute approximate surface area is 217 Å². The molecule has 37 heavy (non-hydrogen) atoms. The Morgan fingerprint density at radius 1 is 1.14 bits per heavy atom. The largest absolute Gasteiger partial charge is 0.487 e. The summed E-state index contributed by atoms with van der Waals surface area (Å²) in [5, 5.41) is 9.28. The number of aromatic nitrogens is 2. The highest BCUT2D eigenvalue weighted by molar-refractivity contribution is 5.99. The maximum atomic E-state index is 12.7. The van der Waals surface area contributed by atoms with Crippen molar-refractivity contribution in [1.82, 2.24) is 15.0 Å². The number of ether oxygens (including phenoxy) is 1. The average Bonchev–Trinajstić information content (AvgIpc) is 3.51. The van der Waals surface area contributed by atoms with Crippen molar-refractivity contribution in [2.75, 3.05) is 23.7 Å². The number of ketones is 1. The summed E-state index contributed by atoms with van der Waals surface area (Å²) in [4.78, 5) is 31.7. The van der Waals surface area contributed by atoms with E-state index in [1.54, 1.807) is 42.6 Å². The van der Waals surface area contributed by atoms with Crippen LogP contribution in [0.2, 0.25) is 0 Å². The van der Waals surface area contributed by atoms with Crippen molar-refractivity contribution >= 4 is 23.3 Å². The van der Waals surface area contributed by atoms with Gasteiger partial charge in [-0.2, -0.15) is 0 Å². The number of amides is 2. The lowest BCUT2D eigenvalue weighted by Gasteiger charge is -2.20. The van der Waals surface area contributed by atoms with Crippen molar-refractivity contribution in [2.45, 2.75) is 65.0 Å². The third kappa shape index (κ3) is 7.16. The van der Waals surface area contributed by atoms with Crippen LogP contribution >= 0.6 is 0 Å². The smallest absolute Gasteiger partial charge is 0.324 e. The van der Waals surface area contributed by atoms with Crippen molar-refractivity contribution in [3.05, 3.63) is 65.7 Å². The molecule has 1 saturated heterocycles. The quantitative estimate of drug-likeness (QED) is 0.400. The van der Waals surface area contributed by atoms with E-state index in [2.05, 4.69) is 39.5 Å². The molecular weight excluding hydrogens is 470 g/mol. The summed E-state index contributed by atoms with van der Waals surface area (Å²) in [5.74, 6) is 1.62. The molecular formula is C28H35N5O4. The maximum Gasteiger partial charge on any atom is 0.324 e. The lowest BCUT2D eigenvalue weighted by molar-refractivity contribution is 0.0988. The molecule has 1 atom stereocenters. The molecule has 0 unspecified atom stereocenters. The number of likely N-dealkylation sites (tertiary alicyclic amines) is 1. The number of rotatable bonds is 8. The molecule has 2 aromatic heterocycles. The summed E-state index contributed by atoms with van der Waals surface area (Å²) in [6.07, 6.45) is 2.97. The monoisotopic (exact) mass is 505 g/mol. The summed E-state index contributed by atoms with van der Waals surface area (Å²) in [6.45, 7) is 12.3. The highest BCUT2D eigenvalue weighted by Crippen LogP contribution is 2.24. The lowest BCUT2D eigenvalue weighted by Crippen LogP contribution is -2.30. The van der Waals surface area contributed by atoms with E-state index in [0.29, 0.717) is 34.8 Å². The Morgan fingerprint density at radius 3 is 2.49 bits per heavy atom. The standard InChI is InChI=1S/C28H35N5O4/c1-18(2)33-13-12-22(17-33)36-21-10-11-23(29-16-21)24(34)14-19-6-8-20(9-7-19)30-27(35)31-26-15-25(37-32-26)28(3,4)5/h6-11,15-16,18,22H,12-14,17H2,1-5H3,(H2,30,31,32,35)/t22-/m0/s1. The minimum atomic E-state index is -0.432. The van der Waals surface area contributed by atoms with Crippen molar-refractivity contribution in [3.8, 4) is 5.75 Å². The number of hydrogen-bond acceptors (Lipinski definition) is 7. The van der Waals surface area contributed by atoms with Gasteiger partial charge in [0.2, 0.25) is 0 Å². The number of nitrogens with one attached hydrogen (secondary N) is 2. The van der Waals surface area contributed by atoms with Gasteiger partial charge in [-0.05, 0) is 50.1 Å². The van der Waals surface area contributed by atoms with E-state index in [0.717, 1.165) is 25.1 Å². The number of Topliss-reactive ketones (excluding diaryl/α,β-unsaturated/α-hetero) is 1. The van der Waals surface area contributed by atoms with Crippen LogP contribution in [-0.4, -0.2) is 52.1 Å². The van der Waals surface area contributed by atoms with Gasteiger partial charge in [0, 0.05) is 42.7 Å². The predicted octanol–water partition coefficient (Wildman–Crippen LogP) is 5.30. The number of pyridine rings is 1. The Hall–Kier alpha value is -3.72. The number of hydrogen-bond donors (Lipinski definition) is 2. The van der Waals surface area contributed by atoms with Crippen molar-refractivity contribution in [2.24, 2.45) is 0 Å². The van der Waals surface area contributed by atoms with Crippen LogP contribution in [0, 0.1) is 0 Å². The van der Waals surface area contributed by atoms with E-state index in [-0.39, 0.29) is 23.7 Å². The molecule has 9 nitrogen and oxygen atoms in total. The molecule has 2 N–H and O–H groups in total. The lowest BCUT2D eigenvalue weighted by atomic mass is 9.93. The van der Waals surface area contributed by atoms with Gasteiger partial charge in [-0.15, -0.1) is 0 Å². The van der Waals surface area contributed by atoms with Gasteiger partial charge in [-0.1, -0.05) is 38.1 Å². The first-order chi connectivity index (χ1) is 17.6. The second kappa shape index (κ2) is 11.1. The summed E-state index contributed by atoms with van der Waals surface area (Å²) < 4.78 is 11.3. The molecule has 1 fully saturated rings. The third-order valence-electron chi connectivity index (χ3n) is 6.30. The van der Waals surface area contributed by atoms with E-state index in [4.69, 9.17) is 9.26 Å². The normalized spacial score (nSPS) is 16.1. The Bertz CT molecular complexity index is 1210. The topological polar surface area (TPSA) is 110 Å². The van der Waals surface area contributed by atoms with E-state index < -0.39 is 6.03 Å². The molecule has 9 heteroatoms. The molecule has 4 rings (SSSR count). The van der Waals surface area contributed by atoms with Gasteiger partial charge in [-0.25, -0.2) is 9.78 Å². The first kappa shape index (κ1) is 26.3. The van der Waals surface area contributed by atoms with Gasteiger partial charge in [0.05, 0.1) is 6.20 Å². The van der Waals surface area contributed by atoms with Gasteiger partial charge >= 0.3 is 6.03 Å². The van der Waals surface area contributed by atoms with Crippen LogP contribution in [0.25, 0.3) is 0 Å². The van der Waals surface area contributed by atoms with E-state index >= 15 is 0 Å². The van der Waals surface area contributed by atoms with Crippen LogP contribution in [0.15, 0.2) is 53.2 Å². The van der Waals surface area contributed by atoms with E-state index in [9.17, 15) is 9.59 Å². The van der Waals surface area contributed by atoms with Gasteiger partial charge in [0.1, 0.15) is 23.3 Å². The Balaban J connectivity index is 1.26. The predicted molar refractivity (Wildman–Crippen MR) is 142 cm³/mol. The van der Waals surface area contributed by atoms with Crippen molar-refractivity contribution in [3.63, 3.8) is 0 Å². The zero-order chi connectivity index (χ0) is 26.6. The molecule has 1 aliphatic heterocycles. The fourth-order valence-electron chi connectivity index (χ4n) is 4.07. The summed E-state index contributed by atoms with van der Waals surface area (Å²) in [6, 6.07) is 12.4. The number of nitrogens with zero attached hydrogens (tertiary/aromatic N) is 3. The molecule has 0 bridgehead atoms. The molecule has 0 aliphatic carbocycles. The van der Waals surface area contributed by atoms with Crippen LogP contribution in [0.1, 0.15) is 62.9 Å². The van der Waals surface area contributed by atoms with Gasteiger partial charge < -0.3 is 14.6 Å². The Kier molecular flexibility index (Phi) is 7.92. The summed E-state index contributed by atoms with van der Waals surface area (Å²) in [7, 11) is 0. The molecule has 0 radical (unpaired) electrons. The first-order valence-corrected chi connectivity index (χ1v) is 12.6. The fraction of sp³-hybridized carbons (Fsp3) is 0.429. The van der Waals surface area contributed by atoms with Crippen molar-refractivity contribution < 1.29 is 18.8 Å². The number of benzene rings is 1. The van der Waals surface area contributed by atoms with Crippen LogP contribution < -0.4 is 15.4 Å². The van der Waals surface area contributed by atoms with E-state index in [1.807, 2.05) is 26.8 Å². The minimum Gasteiger partial charge on any atom is -0.487 e. The van der Waals surface area contributed by atoms with Crippen LogP contribution in [0.5, 0.6) is 5.75 Å². The zero-order valence-electron chi connectivity index (χ0n) is 22.1. The highest BCUT2D eigenvalue weighted by Gasteiger charge is 2.25. The second-order valence-corrected chi connectivity index (χ2v) is 10.7. The van der Waals surface area contributed by atoms with Crippen LogP contribution in [-0.2, 0) is 11.8 Å². The summed E-state index contributed by atoms with van der Waals surface area (Å²) >= 11 is 0. The van der Waals surface area contributed by atoms with E-state index in [1.165, 1.54) is 0 Å². The zero-order valence-corrected chi connectivity index (χ0v) is 22.1. The molecule has 1 aliphatic rings. The van der Waals surface area contributed by atoms with Gasteiger partial charge in [0.15, 0.2) is 11.6 Å². The number of anilines is 2. The van der Waals surface area contributed by atoms with Crippen molar-refractivity contribution in [1.29, 1.82) is 0 Å². The van der Waals surface area contributed by atoms with Gasteiger partial charge in [0.25, 0.3) is 0 Å². The molecule has 1 aromatic carbocycles. The molecule has 2 amide bonds. The first-order valence-electron chi connectivity index (χ1n) is 12.6. The van der Waals surface area contributed by atoms with Crippen LogP contribution in [0.4, 0.5) is 16.3 Å². The molecule has 3 heterocycles. The average molecular weight is 506 g/mol. The number of urea groups is 1. The molecule has 196 valence electrons. The fourth-order valence-corrected chi connectivity index (χ4v) is 4.07. The highest BCUT2D eigenvalue weighted by atomic mass is 16.5. The summed E-state index contributed by atoms with van der Waals surface area (Å²) in [5.41, 5.74) is 1.61. The number of carbonyl (C=O) groups excluding carboxylic acids is 2. The van der Waals surface area contributed by atoms with Crippen LogP contribution in [0.3, 0.4) is 0 Å². The third-order valence-corrected chi connectivity index (χ3v) is 6.30.